The molecule has 0 bridgehead atoms. The van der Waals surface area contributed by atoms with Crippen LogP contribution in [0.25, 0.3) is 11.1 Å². The first kappa shape index (κ1) is 13.6. The first-order valence-electron chi connectivity index (χ1n) is 6.92. The number of nitrogens with one attached hydrogen (secondary N) is 1. The fourth-order valence-corrected chi connectivity index (χ4v) is 2.60. The minimum atomic E-state index is -0.303. The van der Waals surface area contributed by atoms with E-state index >= 15 is 0 Å². The zero-order chi connectivity index (χ0) is 14.1. The second-order valence-corrected chi connectivity index (χ2v) is 5.84. The van der Waals surface area contributed by atoms with Gasteiger partial charge in [0.15, 0.2) is 0 Å². The summed E-state index contributed by atoms with van der Waals surface area (Å²) < 4.78 is 13.2. The van der Waals surface area contributed by atoms with E-state index in [1.54, 1.807) is 6.07 Å². The largest absolute Gasteiger partial charge is 0.310 e. The summed E-state index contributed by atoms with van der Waals surface area (Å²) >= 11 is 6.17. The predicted octanol–water partition coefficient (Wildman–Crippen LogP) is 4.71. The van der Waals surface area contributed by atoms with E-state index in [0.717, 1.165) is 23.2 Å². The van der Waals surface area contributed by atoms with Gasteiger partial charge in [0.2, 0.25) is 0 Å². The molecule has 0 atom stereocenters. The summed E-state index contributed by atoms with van der Waals surface area (Å²) in [5.41, 5.74) is 4.34. The summed E-state index contributed by atoms with van der Waals surface area (Å²) in [7, 11) is 0. The average Bonchev–Trinajstić information content (AvgIpc) is 3.22. The van der Waals surface area contributed by atoms with Crippen molar-refractivity contribution in [3.05, 3.63) is 58.4 Å². The molecule has 0 saturated heterocycles. The second-order valence-electron chi connectivity index (χ2n) is 5.43. The Morgan fingerprint density at radius 2 is 1.95 bits per heavy atom. The van der Waals surface area contributed by atoms with Crippen LogP contribution in [0.1, 0.15) is 24.0 Å². The maximum absolute atomic E-state index is 13.2. The lowest BCUT2D eigenvalue weighted by Gasteiger charge is -2.11. The minimum Gasteiger partial charge on any atom is -0.310 e. The summed E-state index contributed by atoms with van der Waals surface area (Å²) in [5.74, 6) is -0.303. The molecule has 1 aliphatic rings. The Bertz CT molecular complexity index is 635. The molecule has 2 aromatic carbocycles. The van der Waals surface area contributed by atoms with Crippen molar-refractivity contribution in [3.63, 3.8) is 0 Å². The van der Waals surface area contributed by atoms with Crippen LogP contribution < -0.4 is 5.32 Å². The van der Waals surface area contributed by atoms with Crippen LogP contribution in [0.2, 0.25) is 5.02 Å². The van der Waals surface area contributed by atoms with Crippen molar-refractivity contribution in [3.8, 4) is 11.1 Å². The molecule has 1 nitrogen and oxygen atoms in total. The molecule has 3 rings (SSSR count). The van der Waals surface area contributed by atoms with Gasteiger partial charge in [-0.05, 0) is 60.7 Å². The molecule has 0 spiro atoms. The minimum absolute atomic E-state index is 0.303. The van der Waals surface area contributed by atoms with Crippen molar-refractivity contribution in [1.82, 2.24) is 5.32 Å². The summed E-state index contributed by atoms with van der Waals surface area (Å²) in [5, 5.41) is 3.96. The Morgan fingerprint density at radius 3 is 2.65 bits per heavy atom. The first-order chi connectivity index (χ1) is 9.63. The van der Waals surface area contributed by atoms with Crippen molar-refractivity contribution in [1.29, 1.82) is 0 Å². The van der Waals surface area contributed by atoms with E-state index in [1.807, 2.05) is 6.92 Å². The molecule has 0 amide bonds. The zero-order valence-corrected chi connectivity index (χ0v) is 12.2. The van der Waals surface area contributed by atoms with Gasteiger partial charge in [0, 0.05) is 18.2 Å². The Labute approximate surface area is 123 Å². The number of hydrogen-bond acceptors (Lipinski definition) is 1. The van der Waals surface area contributed by atoms with E-state index in [-0.39, 0.29) is 5.82 Å². The van der Waals surface area contributed by atoms with Crippen LogP contribution in [-0.4, -0.2) is 6.04 Å². The Balaban J connectivity index is 1.92. The van der Waals surface area contributed by atoms with Gasteiger partial charge in [-0.2, -0.15) is 0 Å². The molecule has 0 radical (unpaired) electrons. The summed E-state index contributed by atoms with van der Waals surface area (Å²) in [6, 6.07) is 11.6. The molecule has 0 unspecified atom stereocenters. The van der Waals surface area contributed by atoms with Crippen molar-refractivity contribution >= 4 is 11.6 Å². The molecule has 1 saturated carbocycles. The van der Waals surface area contributed by atoms with Crippen LogP contribution in [0, 0.1) is 12.7 Å². The molecular weight excluding hydrogens is 273 g/mol. The molecule has 3 heteroatoms. The van der Waals surface area contributed by atoms with Crippen molar-refractivity contribution in [2.45, 2.75) is 32.4 Å². The number of halogens is 2. The third-order valence-corrected chi connectivity index (χ3v) is 4.01. The van der Waals surface area contributed by atoms with E-state index in [1.165, 1.54) is 30.5 Å². The molecule has 104 valence electrons. The van der Waals surface area contributed by atoms with Crippen molar-refractivity contribution in [2.24, 2.45) is 0 Å². The predicted molar refractivity (Wildman–Crippen MR) is 81.4 cm³/mol. The fourth-order valence-electron chi connectivity index (χ4n) is 2.33. The van der Waals surface area contributed by atoms with Gasteiger partial charge < -0.3 is 5.32 Å². The third-order valence-electron chi connectivity index (χ3n) is 3.70. The van der Waals surface area contributed by atoms with Crippen LogP contribution >= 0.6 is 11.6 Å². The van der Waals surface area contributed by atoms with Crippen LogP contribution in [0.5, 0.6) is 0 Å². The summed E-state index contributed by atoms with van der Waals surface area (Å²) in [6.45, 7) is 2.92. The highest BCUT2D eigenvalue weighted by Crippen LogP contribution is 2.31. The molecule has 1 N–H and O–H groups in total. The first-order valence-corrected chi connectivity index (χ1v) is 7.29. The van der Waals surface area contributed by atoms with Gasteiger partial charge in [0.25, 0.3) is 0 Å². The van der Waals surface area contributed by atoms with E-state index in [2.05, 4.69) is 23.5 Å². The molecule has 1 fully saturated rings. The molecule has 20 heavy (non-hydrogen) atoms. The highest BCUT2D eigenvalue weighted by atomic mass is 35.5. The quantitative estimate of drug-likeness (QED) is 0.860. The topological polar surface area (TPSA) is 12.0 Å². The van der Waals surface area contributed by atoms with E-state index in [9.17, 15) is 4.39 Å². The van der Waals surface area contributed by atoms with Gasteiger partial charge in [0.05, 0.1) is 5.02 Å². The van der Waals surface area contributed by atoms with Gasteiger partial charge in [0.1, 0.15) is 5.82 Å². The monoisotopic (exact) mass is 289 g/mol. The lowest BCUT2D eigenvalue weighted by atomic mass is 9.98. The Hall–Kier alpha value is -1.38. The number of rotatable bonds is 4. The van der Waals surface area contributed by atoms with E-state index in [4.69, 9.17) is 11.6 Å². The molecular formula is C17H17ClFN. The third kappa shape index (κ3) is 3.02. The maximum Gasteiger partial charge on any atom is 0.124 e. The van der Waals surface area contributed by atoms with Crippen LogP contribution in [0.3, 0.4) is 0 Å². The molecule has 1 aliphatic carbocycles. The van der Waals surface area contributed by atoms with E-state index in [0.29, 0.717) is 11.1 Å². The maximum atomic E-state index is 13.2. The van der Waals surface area contributed by atoms with Crippen molar-refractivity contribution in [2.75, 3.05) is 0 Å². The zero-order valence-electron chi connectivity index (χ0n) is 11.4. The van der Waals surface area contributed by atoms with E-state index < -0.39 is 0 Å². The lowest BCUT2D eigenvalue weighted by Crippen LogP contribution is -2.15. The highest BCUT2D eigenvalue weighted by Gasteiger charge is 2.20. The SMILES string of the molecule is Cc1ccc(CNC2CC2)cc1-c1ccc(F)cc1Cl. The number of hydrogen-bond donors (Lipinski definition) is 1. The van der Waals surface area contributed by atoms with Gasteiger partial charge in [-0.25, -0.2) is 4.39 Å². The molecule has 0 aliphatic heterocycles. The molecule has 0 aromatic heterocycles. The number of aryl methyl sites for hydroxylation is 1. The van der Waals surface area contributed by atoms with Crippen molar-refractivity contribution < 1.29 is 4.39 Å². The second kappa shape index (κ2) is 5.55. The Kier molecular flexibility index (Phi) is 3.77. The Morgan fingerprint density at radius 1 is 1.15 bits per heavy atom. The standard InChI is InChI=1S/C17H17ClFN/c1-11-2-3-12(10-20-14-5-6-14)8-16(11)15-7-4-13(19)9-17(15)18/h2-4,7-9,14,20H,5-6,10H2,1H3. The summed E-state index contributed by atoms with van der Waals surface area (Å²) in [6.07, 6.45) is 2.56. The smallest absolute Gasteiger partial charge is 0.124 e. The van der Waals surface area contributed by atoms with Crippen LogP contribution in [0.4, 0.5) is 4.39 Å². The number of benzene rings is 2. The fraction of sp³-hybridized carbons (Fsp3) is 0.294. The van der Waals surface area contributed by atoms with Gasteiger partial charge in [-0.15, -0.1) is 0 Å². The molecule has 0 heterocycles. The normalized spacial score (nSPS) is 14.6. The lowest BCUT2D eigenvalue weighted by molar-refractivity contribution is 0.628. The molecule has 2 aromatic rings. The van der Waals surface area contributed by atoms with Gasteiger partial charge >= 0.3 is 0 Å². The highest BCUT2D eigenvalue weighted by molar-refractivity contribution is 6.33. The average molecular weight is 290 g/mol. The van der Waals surface area contributed by atoms with Gasteiger partial charge in [-0.3, -0.25) is 0 Å². The van der Waals surface area contributed by atoms with Crippen LogP contribution in [-0.2, 0) is 6.54 Å². The van der Waals surface area contributed by atoms with Gasteiger partial charge in [-0.1, -0.05) is 23.7 Å². The van der Waals surface area contributed by atoms with Crippen LogP contribution in [0.15, 0.2) is 36.4 Å². The summed E-state index contributed by atoms with van der Waals surface area (Å²) in [4.78, 5) is 0.